The predicted molar refractivity (Wildman–Crippen MR) is 89.5 cm³/mol. The van der Waals surface area contributed by atoms with Gasteiger partial charge in [-0.05, 0) is 36.1 Å². The lowest BCUT2D eigenvalue weighted by Crippen LogP contribution is -2.36. The summed E-state index contributed by atoms with van der Waals surface area (Å²) in [5, 5.41) is 8.84. The third kappa shape index (κ3) is 5.19. The number of aliphatic carboxylic acids is 1. The molecule has 0 unspecified atom stereocenters. The number of benzene rings is 2. The van der Waals surface area contributed by atoms with Gasteiger partial charge in [-0.3, -0.25) is 4.79 Å². The van der Waals surface area contributed by atoms with E-state index in [0.717, 1.165) is 5.56 Å². The molecular formula is C18H20N2O4. The van der Waals surface area contributed by atoms with Crippen LogP contribution in [-0.4, -0.2) is 29.1 Å². The molecule has 0 bridgehead atoms. The van der Waals surface area contributed by atoms with Crippen molar-refractivity contribution in [2.45, 2.75) is 24.9 Å². The normalized spacial score (nSPS) is 13.1. The van der Waals surface area contributed by atoms with E-state index in [0.29, 0.717) is 17.7 Å². The number of hydrogen-bond donors (Lipinski definition) is 3. The van der Waals surface area contributed by atoms with Crippen molar-refractivity contribution in [3.63, 3.8) is 0 Å². The molecule has 0 aliphatic rings. The van der Waals surface area contributed by atoms with Crippen LogP contribution in [0.1, 0.15) is 11.1 Å². The molecule has 0 aromatic heterocycles. The van der Waals surface area contributed by atoms with E-state index in [1.54, 1.807) is 24.3 Å². The van der Waals surface area contributed by atoms with Crippen LogP contribution in [0.3, 0.4) is 0 Å². The largest absolute Gasteiger partial charge is 0.480 e. The minimum atomic E-state index is -1.08. The average Bonchev–Trinajstić information content (AvgIpc) is 2.56. The second kappa shape index (κ2) is 8.24. The number of nitrogens with two attached hydrogens (primary N) is 2. The molecule has 0 radical (unpaired) electrons. The standard InChI is InChI=1S/C18H20N2O4/c19-15(17(21)22)11-13-7-4-8-14(9-13)24-18(23)16(20)10-12-5-2-1-3-6-12/h1-9,15-16H,10-11,19-20H2,(H,21,22)/t15-,16-/m0/s1. The topological polar surface area (TPSA) is 116 Å². The second-order valence-corrected chi connectivity index (χ2v) is 5.51. The van der Waals surface area contributed by atoms with Crippen LogP contribution >= 0.6 is 0 Å². The highest BCUT2D eigenvalue weighted by atomic mass is 16.5. The Labute approximate surface area is 140 Å². The highest BCUT2D eigenvalue weighted by Crippen LogP contribution is 2.15. The molecule has 2 rings (SSSR count). The second-order valence-electron chi connectivity index (χ2n) is 5.51. The SMILES string of the molecule is N[C@@H](Cc1cccc(OC(=O)[C@@H](N)Cc2ccccc2)c1)C(=O)O. The first-order chi connectivity index (χ1) is 11.5. The average molecular weight is 328 g/mol. The Morgan fingerprint density at radius 1 is 0.917 bits per heavy atom. The zero-order chi connectivity index (χ0) is 17.5. The molecule has 2 aromatic carbocycles. The first-order valence-corrected chi connectivity index (χ1v) is 7.54. The van der Waals surface area contributed by atoms with E-state index < -0.39 is 24.0 Å². The minimum absolute atomic E-state index is 0.150. The molecule has 0 spiro atoms. The summed E-state index contributed by atoms with van der Waals surface area (Å²) in [6, 6.07) is 14.3. The minimum Gasteiger partial charge on any atom is -0.480 e. The van der Waals surface area contributed by atoms with Gasteiger partial charge in [0.25, 0.3) is 0 Å². The third-order valence-corrected chi connectivity index (χ3v) is 3.49. The van der Waals surface area contributed by atoms with Crippen LogP contribution in [-0.2, 0) is 22.4 Å². The summed E-state index contributed by atoms with van der Waals surface area (Å²) < 4.78 is 5.28. The molecule has 0 aliphatic carbocycles. The number of carbonyl (C=O) groups is 2. The number of esters is 1. The Hall–Kier alpha value is -2.70. The highest BCUT2D eigenvalue weighted by molar-refractivity contribution is 5.78. The van der Waals surface area contributed by atoms with Gasteiger partial charge in [0.15, 0.2) is 0 Å². The van der Waals surface area contributed by atoms with Crippen LogP contribution < -0.4 is 16.2 Å². The van der Waals surface area contributed by atoms with E-state index in [-0.39, 0.29) is 6.42 Å². The Kier molecular flexibility index (Phi) is 6.06. The lowest BCUT2D eigenvalue weighted by molar-refractivity contribution is -0.138. The molecule has 5 N–H and O–H groups in total. The molecule has 0 saturated heterocycles. The number of ether oxygens (including phenoxy) is 1. The van der Waals surface area contributed by atoms with Gasteiger partial charge in [0.05, 0.1) is 0 Å². The van der Waals surface area contributed by atoms with Gasteiger partial charge < -0.3 is 21.3 Å². The quantitative estimate of drug-likeness (QED) is 0.518. The Morgan fingerprint density at radius 2 is 1.54 bits per heavy atom. The zero-order valence-electron chi connectivity index (χ0n) is 13.1. The third-order valence-electron chi connectivity index (χ3n) is 3.49. The monoisotopic (exact) mass is 328 g/mol. The molecule has 6 nitrogen and oxygen atoms in total. The van der Waals surface area contributed by atoms with E-state index in [9.17, 15) is 9.59 Å². The van der Waals surface area contributed by atoms with E-state index in [4.69, 9.17) is 21.3 Å². The van der Waals surface area contributed by atoms with Crippen molar-refractivity contribution in [1.29, 1.82) is 0 Å². The van der Waals surface area contributed by atoms with Crippen LogP contribution in [0.4, 0.5) is 0 Å². The highest BCUT2D eigenvalue weighted by Gasteiger charge is 2.17. The summed E-state index contributed by atoms with van der Waals surface area (Å²) in [6.45, 7) is 0. The molecule has 6 heteroatoms. The maximum atomic E-state index is 12.1. The molecule has 0 heterocycles. The van der Waals surface area contributed by atoms with Crippen molar-refractivity contribution < 1.29 is 19.4 Å². The Balaban J connectivity index is 1.97. The van der Waals surface area contributed by atoms with Gasteiger partial charge in [-0.1, -0.05) is 42.5 Å². The maximum absolute atomic E-state index is 12.1. The van der Waals surface area contributed by atoms with Gasteiger partial charge in [-0.15, -0.1) is 0 Å². The molecule has 0 saturated carbocycles. The Morgan fingerprint density at radius 3 is 2.21 bits per heavy atom. The van der Waals surface area contributed by atoms with Crippen molar-refractivity contribution in [1.82, 2.24) is 0 Å². The number of rotatable bonds is 7. The van der Waals surface area contributed by atoms with Crippen molar-refractivity contribution in [2.75, 3.05) is 0 Å². The van der Waals surface area contributed by atoms with Gasteiger partial charge in [-0.2, -0.15) is 0 Å². The molecule has 0 amide bonds. The first kappa shape index (κ1) is 17.7. The van der Waals surface area contributed by atoms with E-state index in [1.807, 2.05) is 30.3 Å². The lowest BCUT2D eigenvalue weighted by atomic mass is 10.1. The van der Waals surface area contributed by atoms with Gasteiger partial charge in [-0.25, -0.2) is 4.79 Å². The smallest absolute Gasteiger partial charge is 0.328 e. The fourth-order valence-corrected chi connectivity index (χ4v) is 2.22. The summed E-state index contributed by atoms with van der Waals surface area (Å²) in [5.74, 6) is -1.31. The molecule has 0 aliphatic heterocycles. The molecule has 2 atom stereocenters. The summed E-state index contributed by atoms with van der Waals surface area (Å²) in [6.07, 6.45) is 0.528. The van der Waals surface area contributed by atoms with Crippen molar-refractivity contribution in [3.05, 3.63) is 65.7 Å². The summed E-state index contributed by atoms with van der Waals surface area (Å²) in [5.41, 5.74) is 13.0. The van der Waals surface area contributed by atoms with Crippen molar-refractivity contribution in [2.24, 2.45) is 11.5 Å². The van der Waals surface area contributed by atoms with Crippen LogP contribution in [0.15, 0.2) is 54.6 Å². The first-order valence-electron chi connectivity index (χ1n) is 7.54. The molecule has 0 fully saturated rings. The summed E-state index contributed by atoms with van der Waals surface area (Å²) >= 11 is 0. The van der Waals surface area contributed by atoms with Gasteiger partial charge in [0.1, 0.15) is 17.8 Å². The van der Waals surface area contributed by atoms with Crippen molar-refractivity contribution in [3.8, 4) is 5.75 Å². The maximum Gasteiger partial charge on any atom is 0.328 e. The van der Waals surface area contributed by atoms with Crippen LogP contribution in [0.2, 0.25) is 0 Å². The zero-order valence-corrected chi connectivity index (χ0v) is 13.1. The number of carbonyl (C=O) groups excluding carboxylic acids is 1. The fourth-order valence-electron chi connectivity index (χ4n) is 2.22. The molecule has 126 valence electrons. The summed E-state index contributed by atoms with van der Waals surface area (Å²) in [4.78, 5) is 22.9. The lowest BCUT2D eigenvalue weighted by Gasteiger charge is -2.12. The van der Waals surface area contributed by atoms with Gasteiger partial charge in [0, 0.05) is 0 Å². The van der Waals surface area contributed by atoms with Crippen molar-refractivity contribution >= 4 is 11.9 Å². The van der Waals surface area contributed by atoms with Gasteiger partial charge in [0.2, 0.25) is 0 Å². The van der Waals surface area contributed by atoms with E-state index >= 15 is 0 Å². The number of hydrogen-bond acceptors (Lipinski definition) is 5. The molecule has 2 aromatic rings. The van der Waals surface area contributed by atoms with Crippen LogP contribution in [0, 0.1) is 0 Å². The fraction of sp³-hybridized carbons (Fsp3) is 0.222. The Bertz CT molecular complexity index is 703. The van der Waals surface area contributed by atoms with E-state index in [1.165, 1.54) is 0 Å². The predicted octanol–water partition coefficient (Wildman–Crippen LogP) is 1.12. The molecular weight excluding hydrogens is 308 g/mol. The van der Waals surface area contributed by atoms with Crippen LogP contribution in [0.25, 0.3) is 0 Å². The van der Waals surface area contributed by atoms with Gasteiger partial charge >= 0.3 is 11.9 Å². The van der Waals surface area contributed by atoms with Crippen LogP contribution in [0.5, 0.6) is 5.75 Å². The molecule has 24 heavy (non-hydrogen) atoms. The van der Waals surface area contributed by atoms with E-state index in [2.05, 4.69) is 0 Å². The number of carboxylic acid groups (broad SMARTS) is 1. The number of carboxylic acids is 1. The summed E-state index contributed by atoms with van der Waals surface area (Å²) in [7, 11) is 0.